The zero-order valence-electron chi connectivity index (χ0n) is 15.4. The molecule has 5 nitrogen and oxygen atoms in total. The Balaban J connectivity index is 0.00000140. The number of thioether (sulfide) groups is 1. The number of fused-ring (bicyclic) bond motifs is 1. The maximum absolute atomic E-state index is 12.9. The van der Waals surface area contributed by atoms with E-state index in [1.807, 2.05) is 64.2 Å². The first-order valence-corrected chi connectivity index (χ1v) is 9.88. The van der Waals surface area contributed by atoms with Gasteiger partial charge in [-0.3, -0.25) is 4.79 Å². The van der Waals surface area contributed by atoms with Crippen molar-refractivity contribution in [1.82, 2.24) is 14.3 Å². The van der Waals surface area contributed by atoms with Crippen LogP contribution >= 0.6 is 36.6 Å². The first-order valence-electron chi connectivity index (χ1n) is 8.90. The molecule has 0 atom stereocenters. The Bertz CT molecular complexity index is 892. The second-order valence-corrected chi connectivity index (χ2v) is 7.63. The van der Waals surface area contributed by atoms with Gasteiger partial charge in [0.2, 0.25) is 0 Å². The quantitative estimate of drug-likeness (QED) is 0.624. The van der Waals surface area contributed by atoms with Gasteiger partial charge < -0.3 is 15.0 Å². The molecule has 3 heterocycles. The molecular weight excluding hydrogens is 415 g/mol. The molecular formula is C20H24Cl2N4OS. The summed E-state index contributed by atoms with van der Waals surface area (Å²) in [5, 5.41) is 0. The summed E-state index contributed by atoms with van der Waals surface area (Å²) >= 11 is 1.66. The van der Waals surface area contributed by atoms with Crippen LogP contribution in [-0.4, -0.2) is 39.3 Å². The number of carbonyl (C=O) groups is 1. The van der Waals surface area contributed by atoms with Crippen molar-refractivity contribution in [2.45, 2.75) is 29.5 Å². The van der Waals surface area contributed by atoms with E-state index in [-0.39, 0.29) is 36.8 Å². The highest BCUT2D eigenvalue weighted by Gasteiger charge is 2.23. The molecule has 150 valence electrons. The molecule has 0 spiro atoms. The molecule has 1 amide bonds. The van der Waals surface area contributed by atoms with Crippen LogP contribution in [0.2, 0.25) is 0 Å². The molecule has 2 aromatic heterocycles. The summed E-state index contributed by atoms with van der Waals surface area (Å²) in [6.07, 6.45) is 5.79. The van der Waals surface area contributed by atoms with Crippen molar-refractivity contribution in [3.05, 3.63) is 66.1 Å². The van der Waals surface area contributed by atoms with Crippen molar-refractivity contribution in [1.29, 1.82) is 0 Å². The fourth-order valence-corrected chi connectivity index (χ4v) is 4.18. The minimum atomic E-state index is 0. The Kier molecular flexibility index (Phi) is 8.19. The average molecular weight is 439 g/mol. The molecule has 0 unspecified atom stereocenters. The fourth-order valence-electron chi connectivity index (χ4n) is 3.25. The number of hydrogen-bond donors (Lipinski definition) is 1. The summed E-state index contributed by atoms with van der Waals surface area (Å²) in [5.41, 5.74) is 8.68. The zero-order chi connectivity index (χ0) is 17.9. The van der Waals surface area contributed by atoms with Gasteiger partial charge >= 0.3 is 0 Å². The third-order valence-corrected chi connectivity index (χ3v) is 5.84. The van der Waals surface area contributed by atoms with E-state index in [4.69, 9.17) is 5.73 Å². The van der Waals surface area contributed by atoms with E-state index in [1.165, 1.54) is 0 Å². The number of benzene rings is 1. The molecule has 0 bridgehead atoms. The molecule has 1 aliphatic rings. The van der Waals surface area contributed by atoms with Crippen LogP contribution in [0, 0.1) is 0 Å². The first kappa shape index (κ1) is 22.6. The molecule has 1 aliphatic heterocycles. The Labute approximate surface area is 181 Å². The van der Waals surface area contributed by atoms with Crippen LogP contribution in [0.1, 0.15) is 28.9 Å². The second kappa shape index (κ2) is 10.2. The summed E-state index contributed by atoms with van der Waals surface area (Å²) < 4.78 is 2.02. The normalized spacial score (nSPS) is 14.4. The van der Waals surface area contributed by atoms with Crippen molar-refractivity contribution in [3.63, 3.8) is 0 Å². The van der Waals surface area contributed by atoms with Gasteiger partial charge in [0.1, 0.15) is 5.65 Å². The third-order valence-electron chi connectivity index (χ3n) is 4.73. The highest BCUT2D eigenvalue weighted by Crippen LogP contribution is 2.27. The zero-order valence-corrected chi connectivity index (χ0v) is 17.8. The number of amides is 1. The number of aromatic nitrogens is 2. The third kappa shape index (κ3) is 5.00. The van der Waals surface area contributed by atoms with E-state index >= 15 is 0 Å². The molecule has 0 radical (unpaired) electrons. The van der Waals surface area contributed by atoms with Crippen LogP contribution in [0.25, 0.3) is 5.65 Å². The largest absolute Gasteiger partial charge is 0.338 e. The van der Waals surface area contributed by atoms with Gasteiger partial charge in [0.15, 0.2) is 0 Å². The van der Waals surface area contributed by atoms with Crippen LogP contribution < -0.4 is 5.73 Å². The number of nitrogens with zero attached hydrogens (tertiary/aromatic N) is 3. The van der Waals surface area contributed by atoms with Gasteiger partial charge in [-0.15, -0.1) is 36.6 Å². The molecule has 28 heavy (non-hydrogen) atoms. The van der Waals surface area contributed by atoms with E-state index in [9.17, 15) is 4.79 Å². The first-order chi connectivity index (χ1) is 12.7. The Morgan fingerprint density at radius 1 is 1.11 bits per heavy atom. The van der Waals surface area contributed by atoms with Gasteiger partial charge in [-0.25, -0.2) is 4.98 Å². The van der Waals surface area contributed by atoms with Crippen LogP contribution in [0.5, 0.6) is 0 Å². The number of halogens is 2. The van der Waals surface area contributed by atoms with E-state index in [0.717, 1.165) is 53.5 Å². The van der Waals surface area contributed by atoms with Crippen LogP contribution in [0.15, 0.2) is 59.8 Å². The minimum absolute atomic E-state index is 0. The van der Waals surface area contributed by atoms with Crippen LogP contribution in [0.4, 0.5) is 0 Å². The minimum Gasteiger partial charge on any atom is -0.338 e. The molecule has 1 aromatic carbocycles. The maximum Gasteiger partial charge on any atom is 0.254 e. The van der Waals surface area contributed by atoms with E-state index in [1.54, 1.807) is 11.8 Å². The van der Waals surface area contributed by atoms with Gasteiger partial charge in [-0.2, -0.15) is 0 Å². The van der Waals surface area contributed by atoms with E-state index in [2.05, 4.69) is 4.98 Å². The molecule has 2 N–H and O–H groups in total. The van der Waals surface area contributed by atoms with E-state index in [0.29, 0.717) is 0 Å². The van der Waals surface area contributed by atoms with E-state index < -0.39 is 0 Å². The topological polar surface area (TPSA) is 63.6 Å². The number of rotatable bonds is 4. The average Bonchev–Trinajstić information content (AvgIpc) is 3.10. The Hall–Kier alpha value is -1.73. The van der Waals surface area contributed by atoms with Gasteiger partial charge in [-0.05, 0) is 37.1 Å². The number of nitrogens with two attached hydrogens (primary N) is 1. The maximum atomic E-state index is 12.9. The lowest BCUT2D eigenvalue weighted by Crippen LogP contribution is -2.43. The van der Waals surface area contributed by atoms with Crippen molar-refractivity contribution >= 4 is 48.1 Å². The number of hydrogen-bond acceptors (Lipinski definition) is 4. The van der Waals surface area contributed by atoms with Crippen molar-refractivity contribution in [2.75, 3.05) is 13.1 Å². The lowest BCUT2D eigenvalue weighted by molar-refractivity contribution is 0.0711. The predicted molar refractivity (Wildman–Crippen MR) is 119 cm³/mol. The Morgan fingerprint density at radius 3 is 2.57 bits per heavy atom. The van der Waals surface area contributed by atoms with Gasteiger partial charge in [0.25, 0.3) is 5.91 Å². The highest BCUT2D eigenvalue weighted by atomic mass is 35.5. The van der Waals surface area contributed by atoms with Gasteiger partial charge in [0, 0.05) is 42.2 Å². The molecule has 1 saturated heterocycles. The number of likely N-dealkylation sites (tertiary alicyclic amines) is 1. The SMILES string of the molecule is Cl.Cl.NC1CCN(C(=O)c2ccccc2SCc2cn3ccccc3n2)CC1. The molecule has 0 saturated carbocycles. The van der Waals surface area contributed by atoms with Crippen LogP contribution in [-0.2, 0) is 5.75 Å². The number of pyridine rings is 1. The number of piperidine rings is 1. The van der Waals surface area contributed by atoms with Crippen LogP contribution in [0.3, 0.4) is 0 Å². The molecule has 8 heteroatoms. The van der Waals surface area contributed by atoms with Crippen molar-refractivity contribution in [3.8, 4) is 0 Å². The summed E-state index contributed by atoms with van der Waals surface area (Å²) in [7, 11) is 0. The predicted octanol–water partition coefficient (Wildman–Crippen LogP) is 4.03. The van der Waals surface area contributed by atoms with Crippen molar-refractivity contribution in [2.24, 2.45) is 5.73 Å². The van der Waals surface area contributed by atoms with Crippen molar-refractivity contribution < 1.29 is 4.79 Å². The summed E-state index contributed by atoms with van der Waals surface area (Å²) in [6.45, 7) is 1.48. The standard InChI is InChI=1S/C20H22N4OS.2ClH/c21-15-8-11-23(12-9-15)20(25)17-5-1-2-6-18(17)26-14-16-13-24-10-4-3-7-19(24)22-16;;/h1-7,10,13,15H,8-9,11-12,14,21H2;2*1H. The second-order valence-electron chi connectivity index (χ2n) is 6.61. The smallest absolute Gasteiger partial charge is 0.254 e. The fraction of sp³-hybridized carbons (Fsp3) is 0.300. The Morgan fingerprint density at radius 2 is 1.82 bits per heavy atom. The van der Waals surface area contributed by atoms with Gasteiger partial charge in [-0.1, -0.05) is 18.2 Å². The molecule has 1 fully saturated rings. The molecule has 3 aromatic rings. The summed E-state index contributed by atoms with van der Waals surface area (Å²) in [5.74, 6) is 0.839. The lowest BCUT2D eigenvalue weighted by atomic mass is 10.0. The van der Waals surface area contributed by atoms with Gasteiger partial charge in [0.05, 0.1) is 11.3 Å². The summed E-state index contributed by atoms with van der Waals surface area (Å²) in [4.78, 5) is 20.5. The molecule has 0 aliphatic carbocycles. The highest BCUT2D eigenvalue weighted by molar-refractivity contribution is 7.98. The molecule has 4 rings (SSSR count). The number of imidazole rings is 1. The monoisotopic (exact) mass is 438 g/mol. The summed E-state index contributed by atoms with van der Waals surface area (Å²) in [6, 6.07) is 14.0. The number of carbonyl (C=O) groups excluding carboxylic acids is 1. The lowest BCUT2D eigenvalue weighted by Gasteiger charge is -2.30.